The molecule has 2 fully saturated rings. The minimum Gasteiger partial charge on any atom is -0.487 e. The van der Waals surface area contributed by atoms with Crippen LogP contribution in [0.5, 0.6) is 17.2 Å². The molecule has 0 aromatic heterocycles. The number of nitrogens with one attached hydrogen (secondary N) is 3. The number of fused-ring (bicyclic) bond motifs is 1. The second-order valence-corrected chi connectivity index (χ2v) is 20.3. The number of ketones is 1. The fraction of sp³-hybridized carbons (Fsp3) is 0.605. The summed E-state index contributed by atoms with van der Waals surface area (Å²) in [5, 5.41) is 8.18. The Morgan fingerprint density at radius 2 is 1.87 bits per heavy atom. The molecule has 1 saturated heterocycles. The lowest BCUT2D eigenvalue weighted by Crippen LogP contribution is -2.55. The third-order valence-corrected chi connectivity index (χ3v) is 13.9. The van der Waals surface area contributed by atoms with E-state index in [1.54, 1.807) is 40.7 Å². The van der Waals surface area contributed by atoms with E-state index in [4.69, 9.17) is 24.7 Å². The number of amides is 3. The maximum atomic E-state index is 13.4. The number of likely N-dealkylation sites (N-methyl/N-ethyl adjacent to an activating group) is 2. The van der Waals surface area contributed by atoms with Crippen molar-refractivity contribution >= 4 is 39.9 Å². The lowest BCUT2D eigenvalue weighted by atomic mass is 9.57. The standard InChI is InChI=1S/C43H59N7O10S/c1-23-19-32(24(2)26-21-42(6,7)59-34(23)26)61(55,56)48-38(44)46-16-10-11-28(47-39(53)60-41(3,4)5)37(52)45-17-18-49(8)40(54)57-31-15-12-25-20-29-27-13-14-30(51)36-43(27,22-50(29)9)33(25)35(31)58-36/h12,15,19,27-29,36H,10-11,13-14,16-18,20-22H2,1-9H3,(H,45,52)(H,47,53)(H3,44,46,48)/t27?,28-,29+,36-,43-/m0/s1. The van der Waals surface area contributed by atoms with E-state index in [0.717, 1.165) is 29.5 Å². The van der Waals surface area contributed by atoms with E-state index in [2.05, 4.69) is 32.3 Å². The quantitative estimate of drug-likeness (QED) is 0.137. The van der Waals surface area contributed by atoms with Crippen LogP contribution in [-0.2, 0) is 42.6 Å². The second-order valence-electron chi connectivity index (χ2n) is 18.7. The summed E-state index contributed by atoms with van der Waals surface area (Å²) in [5.74, 6) is 0.945. The molecule has 5 N–H and O–H groups in total. The number of likely N-dealkylation sites (tertiary alicyclic amines) is 1. The Hall–Kier alpha value is -5.10. The predicted octanol–water partition coefficient (Wildman–Crippen LogP) is 3.38. The van der Waals surface area contributed by atoms with Gasteiger partial charge in [-0.2, -0.15) is 8.42 Å². The molecule has 18 heteroatoms. The van der Waals surface area contributed by atoms with E-state index in [0.29, 0.717) is 54.0 Å². The minimum absolute atomic E-state index is 0.0283. The van der Waals surface area contributed by atoms with Gasteiger partial charge in [-0.25, -0.2) is 9.59 Å². The molecule has 3 aliphatic heterocycles. The molecule has 7 rings (SSSR count). The topological polar surface area (TPSA) is 220 Å². The third kappa shape index (κ3) is 8.44. The number of Topliss-reactive ketones (excluding diaryl/α,β-unsaturated/α-hetero) is 1. The van der Waals surface area contributed by atoms with Gasteiger partial charge in [0.25, 0.3) is 10.0 Å². The van der Waals surface area contributed by atoms with Crippen molar-refractivity contribution in [3.05, 3.63) is 46.0 Å². The van der Waals surface area contributed by atoms with Crippen molar-refractivity contribution in [2.24, 2.45) is 16.0 Å². The highest BCUT2D eigenvalue weighted by Crippen LogP contribution is 2.63. The van der Waals surface area contributed by atoms with Gasteiger partial charge >= 0.3 is 12.2 Å². The van der Waals surface area contributed by atoms with Gasteiger partial charge < -0.3 is 50.4 Å². The maximum Gasteiger partial charge on any atom is 0.415 e. The molecule has 332 valence electrons. The zero-order valence-corrected chi connectivity index (χ0v) is 37.3. The predicted molar refractivity (Wildman–Crippen MR) is 226 cm³/mol. The summed E-state index contributed by atoms with van der Waals surface area (Å²) in [5.41, 5.74) is 8.51. The lowest BCUT2D eigenvalue weighted by molar-refractivity contribution is -0.132. The van der Waals surface area contributed by atoms with Gasteiger partial charge in [0.05, 0.1) is 10.3 Å². The van der Waals surface area contributed by atoms with E-state index >= 15 is 0 Å². The molecule has 0 radical (unpaired) electrons. The van der Waals surface area contributed by atoms with Crippen molar-refractivity contribution in [1.82, 2.24) is 25.8 Å². The zero-order valence-electron chi connectivity index (χ0n) is 36.5. The van der Waals surface area contributed by atoms with Crippen molar-refractivity contribution in [3.8, 4) is 17.2 Å². The number of rotatable bonds is 12. The van der Waals surface area contributed by atoms with Crippen molar-refractivity contribution < 1.29 is 46.5 Å². The summed E-state index contributed by atoms with van der Waals surface area (Å²) in [6.45, 7) is 13.5. The molecule has 5 aliphatic rings. The number of aryl methyl sites for hydroxylation is 1. The smallest absolute Gasteiger partial charge is 0.415 e. The molecule has 1 spiro atoms. The monoisotopic (exact) mass is 865 g/mol. The highest BCUT2D eigenvalue weighted by atomic mass is 32.2. The van der Waals surface area contributed by atoms with E-state index in [1.807, 2.05) is 19.9 Å². The number of carbonyl (C=O) groups is 4. The summed E-state index contributed by atoms with van der Waals surface area (Å²) in [6, 6.07) is 4.54. The van der Waals surface area contributed by atoms with E-state index in [1.165, 1.54) is 18.0 Å². The molecular formula is C43H59N7O10S. The highest BCUT2D eigenvalue weighted by molar-refractivity contribution is 7.90. The highest BCUT2D eigenvalue weighted by Gasteiger charge is 2.68. The largest absolute Gasteiger partial charge is 0.487 e. The summed E-state index contributed by atoms with van der Waals surface area (Å²) in [4.78, 5) is 56.4. The Bertz CT molecular complexity index is 2290. The zero-order chi connectivity index (χ0) is 44.4. The summed E-state index contributed by atoms with van der Waals surface area (Å²) in [7, 11) is -0.537. The number of hydrogen-bond acceptors (Lipinski definition) is 11. The molecule has 2 aromatic carbocycles. The average molecular weight is 866 g/mol. The fourth-order valence-corrected chi connectivity index (χ4v) is 11.2. The number of carbonyl (C=O) groups excluding carboxylic acids is 4. The Kier molecular flexibility index (Phi) is 11.5. The van der Waals surface area contributed by atoms with Gasteiger partial charge in [0.2, 0.25) is 11.9 Å². The molecule has 1 unspecified atom stereocenters. The molecule has 2 bridgehead atoms. The van der Waals surface area contributed by atoms with Gasteiger partial charge in [0.15, 0.2) is 23.4 Å². The molecule has 17 nitrogen and oxygen atoms in total. The van der Waals surface area contributed by atoms with Gasteiger partial charge in [-0.3, -0.25) is 9.59 Å². The Morgan fingerprint density at radius 1 is 1.13 bits per heavy atom. The first-order chi connectivity index (χ1) is 28.5. The first-order valence-corrected chi connectivity index (χ1v) is 22.4. The van der Waals surface area contributed by atoms with Crippen molar-refractivity contribution in [3.63, 3.8) is 0 Å². The molecule has 2 aliphatic carbocycles. The normalized spacial score (nSPS) is 23.9. The molecule has 1 saturated carbocycles. The number of hydrogen-bond donors (Lipinski definition) is 4. The van der Waals surface area contributed by atoms with Crippen LogP contribution in [0.4, 0.5) is 9.59 Å². The summed E-state index contributed by atoms with van der Waals surface area (Å²) in [6.07, 6.45) is 1.03. The van der Waals surface area contributed by atoms with E-state index < -0.39 is 56.9 Å². The Morgan fingerprint density at radius 3 is 2.59 bits per heavy atom. The SMILES string of the molecule is Cc1cc(S(=O)(=O)/N=C(\N)NCCC[C@H](NC(=O)OC(C)(C)C)C(=O)NCCN(C)C(=O)Oc2ccc3c4c2O[C@H]2C(=O)CCC5[C@@H](C3)N(C)C[C@@]452)c(C)c2c1OC(C)(C)C2. The maximum absolute atomic E-state index is 13.4. The molecular weight excluding hydrogens is 807 g/mol. The van der Waals surface area contributed by atoms with Crippen molar-refractivity contribution in [2.75, 3.05) is 40.3 Å². The van der Waals surface area contributed by atoms with Crippen molar-refractivity contribution in [2.45, 2.75) is 127 Å². The van der Waals surface area contributed by atoms with Gasteiger partial charge in [0, 0.05) is 63.2 Å². The van der Waals surface area contributed by atoms with Crippen LogP contribution < -0.4 is 35.9 Å². The van der Waals surface area contributed by atoms with Gasteiger partial charge in [0.1, 0.15) is 23.0 Å². The first kappa shape index (κ1) is 44.0. The van der Waals surface area contributed by atoms with Crippen LogP contribution in [0.3, 0.4) is 0 Å². The van der Waals surface area contributed by atoms with Gasteiger partial charge in [-0.1, -0.05) is 6.07 Å². The van der Waals surface area contributed by atoms with E-state index in [9.17, 15) is 27.6 Å². The van der Waals surface area contributed by atoms with Crippen LogP contribution in [-0.4, -0.2) is 118 Å². The number of sulfonamides is 1. The van der Waals surface area contributed by atoms with Crippen LogP contribution in [0.1, 0.15) is 88.1 Å². The fourth-order valence-electron chi connectivity index (χ4n) is 9.90. The number of ether oxygens (including phenoxy) is 4. The number of guanidine groups is 1. The lowest BCUT2D eigenvalue weighted by Gasteiger charge is -2.43. The number of alkyl carbamates (subject to hydrolysis) is 1. The molecule has 2 aromatic rings. The molecule has 5 atom stereocenters. The molecule has 3 amide bonds. The van der Waals surface area contributed by atoms with Gasteiger partial charge in [-0.05, 0) is 116 Å². The molecule has 61 heavy (non-hydrogen) atoms. The third-order valence-electron chi connectivity index (χ3n) is 12.5. The average Bonchev–Trinajstić information content (AvgIpc) is 3.76. The second kappa shape index (κ2) is 16.0. The van der Waals surface area contributed by atoms with E-state index in [-0.39, 0.29) is 54.9 Å². The van der Waals surface area contributed by atoms with Crippen LogP contribution >= 0.6 is 0 Å². The first-order valence-electron chi connectivity index (χ1n) is 20.9. The van der Waals surface area contributed by atoms with Crippen LogP contribution in [0.2, 0.25) is 0 Å². The Balaban J connectivity index is 0.939. The Labute approximate surface area is 357 Å². The number of benzene rings is 2. The van der Waals surface area contributed by atoms with Gasteiger partial charge in [-0.15, -0.1) is 4.40 Å². The number of nitrogens with zero attached hydrogens (tertiary/aromatic N) is 3. The van der Waals surface area contributed by atoms with Crippen LogP contribution in [0.15, 0.2) is 27.5 Å². The minimum atomic E-state index is -4.18. The van der Waals surface area contributed by atoms with Crippen LogP contribution in [0.25, 0.3) is 0 Å². The van der Waals surface area contributed by atoms with Crippen molar-refractivity contribution in [1.29, 1.82) is 0 Å². The summed E-state index contributed by atoms with van der Waals surface area (Å²) < 4.78 is 54.3. The summed E-state index contributed by atoms with van der Waals surface area (Å²) >= 11 is 0. The number of nitrogens with two attached hydrogens (primary N) is 1. The van der Waals surface area contributed by atoms with Crippen LogP contribution in [0, 0.1) is 19.8 Å². The molecule has 3 heterocycles.